The summed E-state index contributed by atoms with van der Waals surface area (Å²) in [5.41, 5.74) is 6.70. The van der Waals surface area contributed by atoms with Gasteiger partial charge in [0.15, 0.2) is 0 Å². The van der Waals surface area contributed by atoms with Crippen LogP contribution in [0.1, 0.15) is 36.7 Å². The summed E-state index contributed by atoms with van der Waals surface area (Å²) in [6.45, 7) is 6.41. The minimum Gasteiger partial charge on any atom is -0.371 e. The second-order valence-corrected chi connectivity index (χ2v) is 5.40. The molecule has 0 saturated carbocycles. The molecular formula is C15H24N4O. The minimum absolute atomic E-state index is 0.342. The molecule has 0 radical (unpaired) electrons. The van der Waals surface area contributed by atoms with Crippen molar-refractivity contribution in [2.75, 3.05) is 31.1 Å². The lowest BCUT2D eigenvalue weighted by atomic mass is 9.97. The predicted octanol–water partition coefficient (Wildman–Crippen LogP) is 1.40. The summed E-state index contributed by atoms with van der Waals surface area (Å²) in [6.07, 6.45) is 5.18. The SMILES string of the molecule is CCCN(CC1CCNCC1)c1ccnc(C(N)=O)c1. The van der Waals surface area contributed by atoms with Gasteiger partial charge in [0.05, 0.1) is 0 Å². The zero-order chi connectivity index (χ0) is 14.4. The number of aromatic nitrogens is 1. The van der Waals surface area contributed by atoms with Crippen LogP contribution in [-0.2, 0) is 0 Å². The molecular weight excluding hydrogens is 252 g/mol. The Morgan fingerprint density at radius 2 is 2.25 bits per heavy atom. The summed E-state index contributed by atoms with van der Waals surface area (Å²) < 4.78 is 0. The average Bonchev–Trinajstić information content (AvgIpc) is 2.48. The molecule has 2 rings (SSSR count). The minimum atomic E-state index is -0.467. The third kappa shape index (κ3) is 3.93. The van der Waals surface area contributed by atoms with Gasteiger partial charge < -0.3 is 16.0 Å². The van der Waals surface area contributed by atoms with E-state index in [2.05, 4.69) is 22.1 Å². The predicted molar refractivity (Wildman–Crippen MR) is 80.9 cm³/mol. The number of amides is 1. The summed E-state index contributed by atoms with van der Waals surface area (Å²) in [7, 11) is 0. The summed E-state index contributed by atoms with van der Waals surface area (Å²) in [5, 5.41) is 3.39. The maximum Gasteiger partial charge on any atom is 0.267 e. The van der Waals surface area contributed by atoms with Crippen molar-refractivity contribution in [3.8, 4) is 0 Å². The molecule has 3 N–H and O–H groups in total. The molecule has 1 saturated heterocycles. The lowest BCUT2D eigenvalue weighted by Gasteiger charge is -2.31. The molecule has 1 amide bonds. The summed E-state index contributed by atoms with van der Waals surface area (Å²) >= 11 is 0. The summed E-state index contributed by atoms with van der Waals surface area (Å²) in [6, 6.07) is 3.77. The van der Waals surface area contributed by atoms with Crippen molar-refractivity contribution in [1.82, 2.24) is 10.3 Å². The number of nitrogens with zero attached hydrogens (tertiary/aromatic N) is 2. The third-order valence-electron chi connectivity index (χ3n) is 3.79. The van der Waals surface area contributed by atoms with Crippen molar-refractivity contribution in [1.29, 1.82) is 0 Å². The molecule has 2 heterocycles. The molecule has 0 aromatic carbocycles. The molecule has 1 fully saturated rings. The number of rotatable bonds is 6. The number of carbonyl (C=O) groups excluding carboxylic acids is 1. The fourth-order valence-corrected chi connectivity index (χ4v) is 2.72. The second-order valence-electron chi connectivity index (χ2n) is 5.40. The molecule has 0 aliphatic carbocycles. The van der Waals surface area contributed by atoms with Crippen LogP contribution in [0.4, 0.5) is 5.69 Å². The number of carbonyl (C=O) groups is 1. The Hall–Kier alpha value is -1.62. The van der Waals surface area contributed by atoms with E-state index in [0.29, 0.717) is 11.6 Å². The Morgan fingerprint density at radius 1 is 1.50 bits per heavy atom. The average molecular weight is 276 g/mol. The van der Waals surface area contributed by atoms with Gasteiger partial charge >= 0.3 is 0 Å². The third-order valence-corrected chi connectivity index (χ3v) is 3.79. The molecule has 1 aromatic rings. The fourth-order valence-electron chi connectivity index (χ4n) is 2.72. The highest BCUT2D eigenvalue weighted by Gasteiger charge is 2.17. The Morgan fingerprint density at radius 3 is 2.90 bits per heavy atom. The normalized spacial score (nSPS) is 16.1. The lowest BCUT2D eigenvalue weighted by Crippen LogP contribution is -2.36. The number of nitrogens with two attached hydrogens (primary N) is 1. The number of pyridine rings is 1. The van der Waals surface area contributed by atoms with E-state index in [4.69, 9.17) is 5.73 Å². The van der Waals surface area contributed by atoms with Crippen molar-refractivity contribution in [2.24, 2.45) is 11.7 Å². The van der Waals surface area contributed by atoms with Crippen LogP contribution in [-0.4, -0.2) is 37.1 Å². The van der Waals surface area contributed by atoms with Crippen LogP contribution in [0.3, 0.4) is 0 Å². The molecule has 5 nitrogen and oxygen atoms in total. The number of anilines is 1. The number of hydrogen-bond donors (Lipinski definition) is 2. The monoisotopic (exact) mass is 276 g/mol. The first kappa shape index (κ1) is 14.8. The molecule has 1 aliphatic heterocycles. The molecule has 20 heavy (non-hydrogen) atoms. The van der Waals surface area contributed by atoms with Crippen LogP contribution in [0.25, 0.3) is 0 Å². The van der Waals surface area contributed by atoms with Crippen LogP contribution >= 0.6 is 0 Å². The standard InChI is InChI=1S/C15H24N4O/c1-2-9-19(11-12-3-6-17-7-4-12)13-5-8-18-14(10-13)15(16)20/h5,8,10,12,17H,2-4,6-7,9,11H2,1H3,(H2,16,20). The van der Waals surface area contributed by atoms with Gasteiger partial charge in [0.1, 0.15) is 5.69 Å². The molecule has 110 valence electrons. The van der Waals surface area contributed by atoms with E-state index in [0.717, 1.165) is 38.3 Å². The van der Waals surface area contributed by atoms with Crippen LogP contribution in [0.15, 0.2) is 18.3 Å². The van der Waals surface area contributed by atoms with E-state index in [9.17, 15) is 4.79 Å². The van der Waals surface area contributed by atoms with Crippen molar-refractivity contribution in [3.05, 3.63) is 24.0 Å². The summed E-state index contributed by atoms with van der Waals surface area (Å²) in [5.74, 6) is 0.248. The zero-order valence-electron chi connectivity index (χ0n) is 12.1. The van der Waals surface area contributed by atoms with E-state index < -0.39 is 5.91 Å². The van der Waals surface area contributed by atoms with Gasteiger partial charge in [0.2, 0.25) is 0 Å². The van der Waals surface area contributed by atoms with Crippen molar-refractivity contribution >= 4 is 11.6 Å². The molecule has 0 spiro atoms. The first-order valence-corrected chi connectivity index (χ1v) is 7.42. The zero-order valence-corrected chi connectivity index (χ0v) is 12.1. The number of hydrogen-bond acceptors (Lipinski definition) is 4. The molecule has 1 aromatic heterocycles. The first-order chi connectivity index (χ1) is 9.70. The van der Waals surface area contributed by atoms with Gasteiger partial charge in [-0.3, -0.25) is 9.78 Å². The second kappa shape index (κ2) is 7.24. The van der Waals surface area contributed by atoms with Crippen molar-refractivity contribution in [2.45, 2.75) is 26.2 Å². The molecule has 0 unspecified atom stereocenters. The molecule has 0 bridgehead atoms. The van der Waals surface area contributed by atoms with Crippen LogP contribution in [0.5, 0.6) is 0 Å². The highest BCUT2D eigenvalue weighted by molar-refractivity contribution is 5.91. The van der Waals surface area contributed by atoms with Gasteiger partial charge in [-0.1, -0.05) is 6.92 Å². The Labute approximate surface area is 120 Å². The number of primary amides is 1. The van der Waals surface area contributed by atoms with Crippen molar-refractivity contribution in [3.63, 3.8) is 0 Å². The Kier molecular flexibility index (Phi) is 5.35. The fraction of sp³-hybridized carbons (Fsp3) is 0.600. The maximum absolute atomic E-state index is 11.3. The van der Waals surface area contributed by atoms with E-state index >= 15 is 0 Å². The van der Waals surface area contributed by atoms with Crippen LogP contribution < -0.4 is 16.0 Å². The lowest BCUT2D eigenvalue weighted by molar-refractivity contribution is 0.0995. The van der Waals surface area contributed by atoms with E-state index in [-0.39, 0.29) is 0 Å². The number of nitrogens with one attached hydrogen (secondary N) is 1. The smallest absolute Gasteiger partial charge is 0.267 e. The maximum atomic E-state index is 11.3. The van der Waals surface area contributed by atoms with Gasteiger partial charge in [0, 0.05) is 25.0 Å². The highest BCUT2D eigenvalue weighted by atomic mass is 16.1. The van der Waals surface area contributed by atoms with Gasteiger partial charge in [-0.2, -0.15) is 0 Å². The summed E-state index contributed by atoms with van der Waals surface area (Å²) in [4.78, 5) is 17.6. The molecule has 5 heteroatoms. The van der Waals surface area contributed by atoms with Crippen molar-refractivity contribution < 1.29 is 4.79 Å². The van der Waals surface area contributed by atoms with Gasteiger partial charge in [0.25, 0.3) is 5.91 Å². The molecule has 1 aliphatic rings. The van der Waals surface area contributed by atoms with Gasteiger partial charge in [-0.05, 0) is 50.4 Å². The van der Waals surface area contributed by atoms with Crippen LogP contribution in [0, 0.1) is 5.92 Å². The highest BCUT2D eigenvalue weighted by Crippen LogP contribution is 2.20. The topological polar surface area (TPSA) is 71.2 Å². The quantitative estimate of drug-likeness (QED) is 0.824. The number of piperidine rings is 1. The first-order valence-electron chi connectivity index (χ1n) is 7.42. The Bertz CT molecular complexity index is 443. The van der Waals surface area contributed by atoms with E-state index in [1.54, 1.807) is 12.3 Å². The van der Waals surface area contributed by atoms with Gasteiger partial charge in [-0.25, -0.2) is 0 Å². The Balaban J connectivity index is 2.10. The molecule has 0 atom stereocenters. The van der Waals surface area contributed by atoms with Crippen LogP contribution in [0.2, 0.25) is 0 Å². The van der Waals surface area contributed by atoms with E-state index in [1.165, 1.54) is 12.8 Å². The van der Waals surface area contributed by atoms with E-state index in [1.807, 2.05) is 6.07 Å². The largest absolute Gasteiger partial charge is 0.371 e. The van der Waals surface area contributed by atoms with Gasteiger partial charge in [-0.15, -0.1) is 0 Å².